The minimum Gasteiger partial charge on any atom is -0.444 e. The van der Waals surface area contributed by atoms with Crippen molar-refractivity contribution in [2.45, 2.75) is 20.3 Å². The number of aromatic nitrogens is 2. The van der Waals surface area contributed by atoms with Crippen molar-refractivity contribution in [1.29, 1.82) is 0 Å². The summed E-state index contributed by atoms with van der Waals surface area (Å²) in [5.41, 5.74) is 3.68. The molecule has 0 aliphatic heterocycles. The Bertz CT molecular complexity index is 888. The average Bonchev–Trinajstić information content (AvgIpc) is 3.05. The van der Waals surface area contributed by atoms with E-state index in [4.69, 9.17) is 4.42 Å². The van der Waals surface area contributed by atoms with Gasteiger partial charge in [-0.1, -0.05) is 17.7 Å². The van der Waals surface area contributed by atoms with E-state index < -0.39 is 4.92 Å². The van der Waals surface area contributed by atoms with E-state index in [0.717, 1.165) is 16.8 Å². The second kappa shape index (κ2) is 7.12. The highest BCUT2D eigenvalue weighted by Crippen LogP contribution is 2.20. The van der Waals surface area contributed by atoms with E-state index in [0.29, 0.717) is 24.7 Å². The van der Waals surface area contributed by atoms with Gasteiger partial charge in [-0.15, -0.1) is 0 Å². The Hall–Kier alpha value is -3.22. The number of aryl methyl sites for hydroxylation is 2. The molecule has 0 bridgehead atoms. The number of pyridine rings is 1. The molecule has 0 fully saturated rings. The van der Waals surface area contributed by atoms with Crippen LogP contribution in [0.5, 0.6) is 0 Å². The Labute approximate surface area is 144 Å². The number of anilines is 1. The molecule has 0 saturated heterocycles. The molecule has 0 spiro atoms. The lowest BCUT2D eigenvalue weighted by Crippen LogP contribution is -2.08. The number of rotatable bonds is 6. The van der Waals surface area contributed by atoms with Crippen molar-refractivity contribution in [3.63, 3.8) is 0 Å². The van der Waals surface area contributed by atoms with Crippen LogP contribution in [0.1, 0.15) is 16.8 Å². The molecule has 2 aromatic heterocycles. The first-order chi connectivity index (χ1) is 12.0. The molecule has 3 rings (SSSR count). The van der Waals surface area contributed by atoms with Crippen LogP contribution in [0, 0.1) is 24.0 Å². The number of oxazole rings is 1. The fourth-order valence-electron chi connectivity index (χ4n) is 2.40. The van der Waals surface area contributed by atoms with E-state index in [2.05, 4.69) is 15.3 Å². The maximum Gasteiger partial charge on any atom is 0.287 e. The van der Waals surface area contributed by atoms with Gasteiger partial charge in [0.15, 0.2) is 0 Å². The molecular weight excluding hydrogens is 320 g/mol. The molecule has 25 heavy (non-hydrogen) atoms. The molecule has 7 heteroatoms. The van der Waals surface area contributed by atoms with Crippen LogP contribution in [0.4, 0.5) is 11.5 Å². The van der Waals surface area contributed by atoms with Crippen LogP contribution in [0.25, 0.3) is 11.5 Å². The van der Waals surface area contributed by atoms with Gasteiger partial charge < -0.3 is 9.73 Å². The Kier molecular flexibility index (Phi) is 4.74. The summed E-state index contributed by atoms with van der Waals surface area (Å²) < 4.78 is 5.53. The monoisotopic (exact) mass is 338 g/mol. The molecule has 1 aromatic carbocycles. The van der Waals surface area contributed by atoms with Gasteiger partial charge >= 0.3 is 0 Å². The summed E-state index contributed by atoms with van der Waals surface area (Å²) in [5, 5.41) is 13.9. The van der Waals surface area contributed by atoms with Gasteiger partial charge in [0.05, 0.1) is 10.6 Å². The Balaban J connectivity index is 1.59. The molecule has 1 N–H and O–H groups in total. The molecule has 0 amide bonds. The normalized spacial score (nSPS) is 10.6. The molecule has 0 saturated carbocycles. The predicted molar refractivity (Wildman–Crippen MR) is 94.5 cm³/mol. The molecule has 3 aromatic rings. The molecular formula is C18H18N4O3. The minimum atomic E-state index is -0.453. The van der Waals surface area contributed by atoms with Crippen molar-refractivity contribution in [1.82, 2.24) is 9.97 Å². The maximum atomic E-state index is 10.7. The molecule has 0 radical (unpaired) electrons. The summed E-state index contributed by atoms with van der Waals surface area (Å²) in [7, 11) is 0. The zero-order valence-corrected chi connectivity index (χ0v) is 14.0. The maximum absolute atomic E-state index is 10.7. The highest BCUT2D eigenvalue weighted by Gasteiger charge is 2.10. The number of hydrogen-bond acceptors (Lipinski definition) is 6. The van der Waals surface area contributed by atoms with Crippen LogP contribution < -0.4 is 5.32 Å². The van der Waals surface area contributed by atoms with Crippen molar-refractivity contribution >= 4 is 11.5 Å². The zero-order valence-electron chi connectivity index (χ0n) is 14.0. The topological polar surface area (TPSA) is 94.1 Å². The van der Waals surface area contributed by atoms with Gasteiger partial charge in [-0.3, -0.25) is 10.1 Å². The smallest absolute Gasteiger partial charge is 0.287 e. The lowest BCUT2D eigenvalue weighted by Gasteiger charge is -2.06. The second-order valence-corrected chi connectivity index (χ2v) is 5.80. The van der Waals surface area contributed by atoms with Crippen molar-refractivity contribution in [3.05, 3.63) is 69.7 Å². The third-order valence-electron chi connectivity index (χ3n) is 3.80. The highest BCUT2D eigenvalue weighted by atomic mass is 16.6. The summed E-state index contributed by atoms with van der Waals surface area (Å²) in [6, 6.07) is 9.50. The summed E-state index contributed by atoms with van der Waals surface area (Å²) >= 11 is 0. The SMILES string of the molecule is Cc1ccc(-c2nc(CCNc3ncc([N+](=O)[O-])cc3C)co2)cc1. The summed E-state index contributed by atoms with van der Waals surface area (Å²) in [5.74, 6) is 1.23. The van der Waals surface area contributed by atoms with Gasteiger partial charge in [0.2, 0.25) is 5.89 Å². The van der Waals surface area contributed by atoms with E-state index in [9.17, 15) is 10.1 Å². The van der Waals surface area contributed by atoms with E-state index in [-0.39, 0.29) is 5.69 Å². The van der Waals surface area contributed by atoms with Crippen molar-refractivity contribution in [2.75, 3.05) is 11.9 Å². The highest BCUT2D eigenvalue weighted by molar-refractivity contribution is 5.53. The van der Waals surface area contributed by atoms with Crippen LogP contribution in [0.15, 0.2) is 47.2 Å². The predicted octanol–water partition coefficient (Wildman–Crippen LogP) is 3.92. The first kappa shape index (κ1) is 16.6. The fraction of sp³-hybridized carbons (Fsp3) is 0.222. The minimum absolute atomic E-state index is 0.0118. The third kappa shape index (κ3) is 4.00. The Morgan fingerprint density at radius 1 is 1.24 bits per heavy atom. The average molecular weight is 338 g/mol. The van der Waals surface area contributed by atoms with E-state index in [1.54, 1.807) is 13.2 Å². The number of benzene rings is 1. The number of hydrogen-bond donors (Lipinski definition) is 1. The van der Waals surface area contributed by atoms with Crippen LogP contribution in [0.2, 0.25) is 0 Å². The number of nitrogens with one attached hydrogen (secondary N) is 1. The Morgan fingerprint density at radius 2 is 2.00 bits per heavy atom. The summed E-state index contributed by atoms with van der Waals surface area (Å²) in [6.45, 7) is 4.42. The van der Waals surface area contributed by atoms with Gasteiger partial charge in [-0.05, 0) is 31.5 Å². The van der Waals surface area contributed by atoms with Crippen LogP contribution in [0.3, 0.4) is 0 Å². The van der Waals surface area contributed by atoms with Gasteiger partial charge in [-0.2, -0.15) is 0 Å². The molecule has 0 aliphatic carbocycles. The number of nitrogens with zero attached hydrogens (tertiary/aromatic N) is 3. The summed E-state index contributed by atoms with van der Waals surface area (Å²) in [6.07, 6.45) is 3.56. The third-order valence-corrected chi connectivity index (χ3v) is 3.80. The van der Waals surface area contributed by atoms with E-state index >= 15 is 0 Å². The van der Waals surface area contributed by atoms with Crippen molar-refractivity contribution in [3.8, 4) is 11.5 Å². The van der Waals surface area contributed by atoms with Crippen LogP contribution >= 0.6 is 0 Å². The van der Waals surface area contributed by atoms with E-state index in [1.807, 2.05) is 31.2 Å². The first-order valence-corrected chi connectivity index (χ1v) is 7.89. The van der Waals surface area contributed by atoms with E-state index in [1.165, 1.54) is 17.8 Å². The molecule has 128 valence electrons. The first-order valence-electron chi connectivity index (χ1n) is 7.89. The molecule has 7 nitrogen and oxygen atoms in total. The second-order valence-electron chi connectivity index (χ2n) is 5.80. The lowest BCUT2D eigenvalue weighted by atomic mass is 10.1. The van der Waals surface area contributed by atoms with Gasteiger partial charge in [0, 0.05) is 24.6 Å². The molecule has 0 atom stereocenters. The van der Waals surface area contributed by atoms with Crippen molar-refractivity contribution < 1.29 is 9.34 Å². The zero-order chi connectivity index (χ0) is 17.8. The largest absolute Gasteiger partial charge is 0.444 e. The molecule has 0 unspecified atom stereocenters. The number of nitro groups is 1. The van der Waals surface area contributed by atoms with Gasteiger partial charge in [-0.25, -0.2) is 9.97 Å². The quantitative estimate of drug-likeness (QED) is 0.541. The standard InChI is InChI=1S/C18H18N4O3/c1-12-3-5-14(6-4-12)18-21-15(11-25-18)7-8-19-17-13(2)9-16(10-20-17)22(23)24/h3-6,9-11H,7-8H2,1-2H3,(H,19,20). The van der Waals surface area contributed by atoms with Crippen LogP contribution in [-0.4, -0.2) is 21.4 Å². The summed E-state index contributed by atoms with van der Waals surface area (Å²) in [4.78, 5) is 18.9. The fourth-order valence-corrected chi connectivity index (χ4v) is 2.40. The van der Waals surface area contributed by atoms with Crippen LogP contribution in [-0.2, 0) is 6.42 Å². The molecule has 0 aliphatic rings. The van der Waals surface area contributed by atoms with Gasteiger partial charge in [0.1, 0.15) is 18.3 Å². The van der Waals surface area contributed by atoms with Crippen molar-refractivity contribution in [2.24, 2.45) is 0 Å². The Morgan fingerprint density at radius 3 is 2.68 bits per heavy atom. The molecule has 2 heterocycles. The van der Waals surface area contributed by atoms with Gasteiger partial charge in [0.25, 0.3) is 5.69 Å². The lowest BCUT2D eigenvalue weighted by molar-refractivity contribution is -0.385.